The Balaban J connectivity index is 1.68. The van der Waals surface area contributed by atoms with Gasteiger partial charge in [-0.25, -0.2) is 4.98 Å². The van der Waals surface area contributed by atoms with E-state index in [0.717, 1.165) is 12.5 Å². The Morgan fingerprint density at radius 1 is 1.41 bits per heavy atom. The molecule has 0 unspecified atom stereocenters. The second-order valence-corrected chi connectivity index (χ2v) is 5.56. The monoisotopic (exact) mass is 247 g/mol. The number of rotatable bonds is 4. The first kappa shape index (κ1) is 10.8. The summed E-state index contributed by atoms with van der Waals surface area (Å²) in [6, 6.07) is 4.90. The van der Waals surface area contributed by atoms with Crippen molar-refractivity contribution < 1.29 is 0 Å². The standard InChI is InChI=1S/C13H17N3S/c1-2-5-11(4-1)16-8-7-14-13(16)15-10-12-6-3-9-17-12/h3,6-9,11H,1-2,4-5,10H2,(H,14,15). The normalized spacial score (nSPS) is 16.5. The van der Waals surface area contributed by atoms with Gasteiger partial charge in [-0.15, -0.1) is 11.3 Å². The molecule has 2 aromatic rings. The minimum Gasteiger partial charge on any atom is -0.351 e. The van der Waals surface area contributed by atoms with Crippen molar-refractivity contribution in [2.75, 3.05) is 5.32 Å². The molecule has 0 aliphatic heterocycles. The van der Waals surface area contributed by atoms with Gasteiger partial charge in [0.2, 0.25) is 5.95 Å². The highest BCUT2D eigenvalue weighted by Gasteiger charge is 2.18. The van der Waals surface area contributed by atoms with Crippen LogP contribution in [-0.4, -0.2) is 9.55 Å². The van der Waals surface area contributed by atoms with E-state index in [0.29, 0.717) is 6.04 Å². The maximum Gasteiger partial charge on any atom is 0.203 e. The summed E-state index contributed by atoms with van der Waals surface area (Å²) in [5, 5.41) is 5.55. The number of imidazole rings is 1. The minimum atomic E-state index is 0.656. The zero-order valence-corrected chi connectivity index (χ0v) is 10.6. The lowest BCUT2D eigenvalue weighted by Crippen LogP contribution is -2.10. The van der Waals surface area contributed by atoms with E-state index in [1.54, 1.807) is 11.3 Å². The van der Waals surface area contributed by atoms with Crippen LogP contribution in [0.15, 0.2) is 29.9 Å². The van der Waals surface area contributed by atoms with Gasteiger partial charge < -0.3 is 9.88 Å². The predicted molar refractivity (Wildman–Crippen MR) is 71.4 cm³/mol. The molecule has 1 aliphatic rings. The first-order valence-electron chi connectivity index (χ1n) is 6.22. The molecule has 1 fully saturated rings. The largest absolute Gasteiger partial charge is 0.351 e. The Bertz CT molecular complexity index is 455. The molecule has 2 heterocycles. The fourth-order valence-electron chi connectivity index (χ4n) is 2.51. The molecule has 0 saturated heterocycles. The van der Waals surface area contributed by atoms with Gasteiger partial charge in [0.1, 0.15) is 0 Å². The number of anilines is 1. The van der Waals surface area contributed by atoms with Gasteiger partial charge in [-0.1, -0.05) is 18.9 Å². The summed E-state index contributed by atoms with van der Waals surface area (Å²) < 4.78 is 2.31. The molecule has 2 aromatic heterocycles. The average Bonchev–Trinajstić information content (AvgIpc) is 3.09. The molecule has 0 radical (unpaired) electrons. The maximum atomic E-state index is 4.42. The van der Waals surface area contributed by atoms with Crippen molar-refractivity contribution >= 4 is 17.3 Å². The van der Waals surface area contributed by atoms with E-state index in [4.69, 9.17) is 0 Å². The van der Waals surface area contributed by atoms with Crippen LogP contribution in [0.4, 0.5) is 5.95 Å². The van der Waals surface area contributed by atoms with Gasteiger partial charge in [0, 0.05) is 23.3 Å². The van der Waals surface area contributed by atoms with E-state index in [-0.39, 0.29) is 0 Å². The molecule has 3 nitrogen and oxygen atoms in total. The van der Waals surface area contributed by atoms with Gasteiger partial charge in [-0.2, -0.15) is 0 Å². The van der Waals surface area contributed by atoms with Crippen LogP contribution in [-0.2, 0) is 6.54 Å². The summed E-state index contributed by atoms with van der Waals surface area (Å²) in [6.07, 6.45) is 9.30. The van der Waals surface area contributed by atoms with Crippen LogP contribution in [0, 0.1) is 0 Å². The molecular formula is C13H17N3S. The molecular weight excluding hydrogens is 230 g/mol. The Hall–Kier alpha value is -1.29. The molecule has 1 aliphatic carbocycles. The quantitative estimate of drug-likeness (QED) is 0.893. The van der Waals surface area contributed by atoms with Crippen molar-refractivity contribution in [3.8, 4) is 0 Å². The van der Waals surface area contributed by atoms with Gasteiger partial charge in [0.05, 0.1) is 6.54 Å². The molecule has 90 valence electrons. The third-order valence-electron chi connectivity index (χ3n) is 3.39. The van der Waals surface area contributed by atoms with E-state index in [1.165, 1.54) is 30.6 Å². The Labute approximate surface area is 106 Å². The minimum absolute atomic E-state index is 0.656. The van der Waals surface area contributed by atoms with Gasteiger partial charge in [-0.3, -0.25) is 0 Å². The van der Waals surface area contributed by atoms with E-state index in [9.17, 15) is 0 Å². The number of thiophene rings is 1. The second kappa shape index (κ2) is 4.92. The predicted octanol–water partition coefficient (Wildman–Crippen LogP) is 3.67. The fourth-order valence-corrected chi connectivity index (χ4v) is 3.15. The SMILES string of the molecule is c1csc(CNc2nccn2C2CCCC2)c1. The molecule has 0 amide bonds. The number of hydrogen-bond acceptors (Lipinski definition) is 3. The van der Waals surface area contributed by atoms with Crippen molar-refractivity contribution in [3.63, 3.8) is 0 Å². The highest BCUT2D eigenvalue weighted by molar-refractivity contribution is 7.09. The summed E-state index contributed by atoms with van der Waals surface area (Å²) >= 11 is 1.78. The van der Waals surface area contributed by atoms with Crippen LogP contribution in [0.2, 0.25) is 0 Å². The molecule has 17 heavy (non-hydrogen) atoms. The highest BCUT2D eigenvalue weighted by Crippen LogP contribution is 2.31. The van der Waals surface area contributed by atoms with Crippen LogP contribution in [0.5, 0.6) is 0 Å². The molecule has 0 spiro atoms. The molecule has 4 heteroatoms. The molecule has 0 atom stereocenters. The van der Waals surface area contributed by atoms with E-state index < -0.39 is 0 Å². The first-order valence-corrected chi connectivity index (χ1v) is 7.10. The fraction of sp³-hybridized carbons (Fsp3) is 0.462. The lowest BCUT2D eigenvalue weighted by atomic mass is 10.2. The molecule has 0 aromatic carbocycles. The van der Waals surface area contributed by atoms with Crippen molar-refractivity contribution in [1.82, 2.24) is 9.55 Å². The Morgan fingerprint density at radius 2 is 2.29 bits per heavy atom. The number of hydrogen-bond donors (Lipinski definition) is 1. The summed E-state index contributed by atoms with van der Waals surface area (Å²) in [5.74, 6) is 1.02. The lowest BCUT2D eigenvalue weighted by molar-refractivity contribution is 0.523. The molecule has 1 N–H and O–H groups in total. The Morgan fingerprint density at radius 3 is 3.06 bits per heavy atom. The van der Waals surface area contributed by atoms with Crippen molar-refractivity contribution in [1.29, 1.82) is 0 Å². The first-order chi connectivity index (χ1) is 8.43. The summed E-state index contributed by atoms with van der Waals surface area (Å²) in [5.41, 5.74) is 0. The van der Waals surface area contributed by atoms with E-state index >= 15 is 0 Å². The van der Waals surface area contributed by atoms with E-state index in [2.05, 4.69) is 38.6 Å². The third-order valence-corrected chi connectivity index (χ3v) is 4.26. The van der Waals surface area contributed by atoms with E-state index in [1.807, 2.05) is 6.20 Å². The van der Waals surface area contributed by atoms with Crippen molar-refractivity contribution in [2.45, 2.75) is 38.3 Å². The number of aromatic nitrogens is 2. The smallest absolute Gasteiger partial charge is 0.203 e. The Kier molecular flexibility index (Phi) is 3.14. The zero-order chi connectivity index (χ0) is 11.5. The lowest BCUT2D eigenvalue weighted by Gasteiger charge is -2.15. The van der Waals surface area contributed by atoms with Gasteiger partial charge >= 0.3 is 0 Å². The van der Waals surface area contributed by atoms with Crippen molar-refractivity contribution in [2.24, 2.45) is 0 Å². The average molecular weight is 247 g/mol. The maximum absolute atomic E-state index is 4.42. The molecule has 0 bridgehead atoms. The van der Waals surface area contributed by atoms with Crippen LogP contribution in [0.1, 0.15) is 36.6 Å². The third kappa shape index (κ3) is 2.36. The van der Waals surface area contributed by atoms with Crippen LogP contribution in [0.3, 0.4) is 0 Å². The summed E-state index contributed by atoms with van der Waals surface area (Å²) in [6.45, 7) is 0.876. The summed E-state index contributed by atoms with van der Waals surface area (Å²) in [4.78, 5) is 5.77. The van der Waals surface area contributed by atoms with Crippen LogP contribution >= 0.6 is 11.3 Å². The topological polar surface area (TPSA) is 29.9 Å². The van der Waals surface area contributed by atoms with Crippen LogP contribution in [0.25, 0.3) is 0 Å². The number of nitrogens with zero attached hydrogens (tertiary/aromatic N) is 2. The second-order valence-electron chi connectivity index (χ2n) is 4.53. The van der Waals surface area contributed by atoms with Gasteiger partial charge in [0.25, 0.3) is 0 Å². The van der Waals surface area contributed by atoms with Crippen LogP contribution < -0.4 is 5.32 Å². The van der Waals surface area contributed by atoms with Crippen molar-refractivity contribution in [3.05, 3.63) is 34.8 Å². The number of nitrogens with one attached hydrogen (secondary N) is 1. The zero-order valence-electron chi connectivity index (χ0n) is 9.80. The highest BCUT2D eigenvalue weighted by atomic mass is 32.1. The molecule has 3 rings (SSSR count). The van der Waals surface area contributed by atoms with Gasteiger partial charge in [-0.05, 0) is 24.3 Å². The molecule has 1 saturated carbocycles. The van der Waals surface area contributed by atoms with Gasteiger partial charge in [0.15, 0.2) is 0 Å². The summed E-state index contributed by atoms with van der Waals surface area (Å²) in [7, 11) is 0.